The van der Waals surface area contributed by atoms with Gasteiger partial charge in [-0.25, -0.2) is 4.79 Å². The highest BCUT2D eigenvalue weighted by molar-refractivity contribution is 5.94. The number of rotatable bonds is 8. The molecule has 0 aromatic heterocycles. The van der Waals surface area contributed by atoms with Gasteiger partial charge in [0.25, 0.3) is 5.91 Å². The van der Waals surface area contributed by atoms with Gasteiger partial charge < -0.3 is 19.9 Å². The maximum atomic E-state index is 12.6. The average Bonchev–Trinajstić information content (AvgIpc) is 2.91. The van der Waals surface area contributed by atoms with Crippen LogP contribution in [-0.4, -0.2) is 72.6 Å². The third-order valence-corrected chi connectivity index (χ3v) is 7.40. The van der Waals surface area contributed by atoms with Gasteiger partial charge in [0.15, 0.2) is 0 Å². The van der Waals surface area contributed by atoms with E-state index in [1.165, 1.54) is 58.3 Å². The number of hydrogen-bond acceptors (Lipinski definition) is 5. The monoisotopic (exact) mass is 505 g/mol. The standard InChI is InChI=1S/C31H43N3O3/c1-31(2,3)37-30(36)27-14-10-25(11-15-27)24-8-12-26(13-9-24)29(35)32-18-7-19-33-22-16-28(17-23-33)34-20-5-4-6-21-34/h8-15,28H,4-7,16-23H2,1-3H3,(H,32,35). The summed E-state index contributed by atoms with van der Waals surface area (Å²) >= 11 is 0. The molecule has 0 saturated carbocycles. The van der Waals surface area contributed by atoms with Crippen LogP contribution in [0.3, 0.4) is 0 Å². The summed E-state index contributed by atoms with van der Waals surface area (Å²) in [6, 6.07) is 15.8. The zero-order chi connectivity index (χ0) is 26.3. The number of carbonyl (C=O) groups is 2. The highest BCUT2D eigenvalue weighted by Crippen LogP contribution is 2.22. The normalized spacial score (nSPS) is 17.9. The Hall–Kier alpha value is -2.70. The zero-order valence-corrected chi connectivity index (χ0v) is 22.8. The molecule has 0 unspecified atom stereocenters. The lowest BCUT2D eigenvalue weighted by Gasteiger charge is -2.40. The van der Waals surface area contributed by atoms with E-state index < -0.39 is 5.60 Å². The van der Waals surface area contributed by atoms with E-state index in [0.717, 1.165) is 30.1 Å². The van der Waals surface area contributed by atoms with Gasteiger partial charge in [-0.1, -0.05) is 30.7 Å². The van der Waals surface area contributed by atoms with Crippen LogP contribution < -0.4 is 5.32 Å². The van der Waals surface area contributed by atoms with E-state index in [2.05, 4.69) is 15.1 Å². The molecule has 2 fully saturated rings. The van der Waals surface area contributed by atoms with Crippen LogP contribution in [0.1, 0.15) is 80.0 Å². The van der Waals surface area contributed by atoms with Crippen molar-refractivity contribution in [1.29, 1.82) is 0 Å². The summed E-state index contributed by atoms with van der Waals surface area (Å²) < 4.78 is 5.43. The fraction of sp³-hybridized carbons (Fsp3) is 0.548. The number of likely N-dealkylation sites (tertiary alicyclic amines) is 2. The van der Waals surface area contributed by atoms with Crippen molar-refractivity contribution in [2.45, 2.75) is 70.9 Å². The van der Waals surface area contributed by atoms with Crippen molar-refractivity contribution >= 4 is 11.9 Å². The Morgan fingerprint density at radius 3 is 1.97 bits per heavy atom. The molecule has 37 heavy (non-hydrogen) atoms. The van der Waals surface area contributed by atoms with Crippen molar-refractivity contribution < 1.29 is 14.3 Å². The SMILES string of the molecule is CC(C)(C)OC(=O)c1ccc(-c2ccc(C(=O)NCCCN3CCC(N4CCCCC4)CC3)cc2)cc1. The number of hydrogen-bond donors (Lipinski definition) is 1. The minimum absolute atomic E-state index is 0.0318. The molecule has 0 radical (unpaired) electrons. The predicted octanol–water partition coefficient (Wildman–Crippen LogP) is 5.38. The molecule has 200 valence electrons. The summed E-state index contributed by atoms with van der Waals surface area (Å²) in [6.45, 7) is 12.2. The Bertz CT molecular complexity index is 1010. The second kappa shape index (κ2) is 12.7. The van der Waals surface area contributed by atoms with Crippen molar-refractivity contribution in [2.75, 3.05) is 39.3 Å². The number of amides is 1. The van der Waals surface area contributed by atoms with Crippen LogP contribution in [0.4, 0.5) is 0 Å². The summed E-state index contributed by atoms with van der Waals surface area (Å²) in [5.74, 6) is -0.358. The second-order valence-corrected chi connectivity index (χ2v) is 11.4. The third-order valence-electron chi connectivity index (χ3n) is 7.40. The first-order valence-electron chi connectivity index (χ1n) is 14.0. The average molecular weight is 506 g/mol. The first kappa shape index (κ1) is 27.3. The molecule has 0 aliphatic carbocycles. The topological polar surface area (TPSA) is 61.9 Å². The molecule has 0 spiro atoms. The molecular formula is C31H43N3O3. The van der Waals surface area contributed by atoms with Crippen molar-refractivity contribution in [1.82, 2.24) is 15.1 Å². The van der Waals surface area contributed by atoms with Gasteiger partial charge >= 0.3 is 5.97 Å². The molecule has 1 amide bonds. The van der Waals surface area contributed by atoms with Gasteiger partial charge in [0.2, 0.25) is 0 Å². The zero-order valence-electron chi connectivity index (χ0n) is 22.8. The number of carbonyl (C=O) groups excluding carboxylic acids is 2. The van der Waals surface area contributed by atoms with Crippen LogP contribution in [0, 0.1) is 0 Å². The van der Waals surface area contributed by atoms with E-state index in [1.54, 1.807) is 12.1 Å². The molecule has 1 N–H and O–H groups in total. The first-order chi connectivity index (χ1) is 17.8. The molecule has 2 aliphatic rings. The molecule has 6 nitrogen and oxygen atoms in total. The summed E-state index contributed by atoms with van der Waals surface area (Å²) in [5, 5.41) is 3.07. The van der Waals surface area contributed by atoms with Crippen molar-refractivity contribution in [3.8, 4) is 11.1 Å². The minimum atomic E-state index is -0.518. The quantitative estimate of drug-likeness (QED) is 0.386. The van der Waals surface area contributed by atoms with Gasteiger partial charge in [0, 0.05) is 18.2 Å². The highest BCUT2D eigenvalue weighted by atomic mass is 16.6. The maximum Gasteiger partial charge on any atom is 0.338 e. The molecule has 2 heterocycles. The lowest BCUT2D eigenvalue weighted by molar-refractivity contribution is 0.00694. The van der Waals surface area contributed by atoms with Crippen molar-refractivity contribution in [3.63, 3.8) is 0 Å². The van der Waals surface area contributed by atoms with E-state index >= 15 is 0 Å². The predicted molar refractivity (Wildman–Crippen MR) is 149 cm³/mol. The lowest BCUT2D eigenvalue weighted by Crippen LogP contribution is -2.47. The van der Waals surface area contributed by atoms with Gasteiger partial charge in [-0.2, -0.15) is 0 Å². The molecule has 2 saturated heterocycles. The van der Waals surface area contributed by atoms with E-state index in [-0.39, 0.29) is 11.9 Å². The van der Waals surface area contributed by atoms with Crippen LogP contribution in [0.2, 0.25) is 0 Å². The minimum Gasteiger partial charge on any atom is -0.456 e. The number of esters is 1. The van der Waals surface area contributed by atoms with E-state index in [4.69, 9.17) is 4.74 Å². The van der Waals surface area contributed by atoms with Crippen molar-refractivity contribution in [2.24, 2.45) is 0 Å². The van der Waals surface area contributed by atoms with Crippen LogP contribution in [0.15, 0.2) is 48.5 Å². The molecule has 2 aromatic rings. The Kier molecular flexibility index (Phi) is 9.38. The number of benzene rings is 2. The lowest BCUT2D eigenvalue weighted by atomic mass is 10.00. The maximum absolute atomic E-state index is 12.6. The summed E-state index contributed by atoms with van der Waals surface area (Å²) in [6.07, 6.45) is 7.67. The summed E-state index contributed by atoms with van der Waals surface area (Å²) in [4.78, 5) is 30.1. The van der Waals surface area contributed by atoms with Gasteiger partial charge in [-0.05, 0) is 121 Å². The molecule has 0 bridgehead atoms. The number of nitrogens with zero attached hydrogens (tertiary/aromatic N) is 2. The van der Waals surface area contributed by atoms with Gasteiger partial charge in [0.05, 0.1) is 5.56 Å². The molecule has 2 aliphatic heterocycles. The Morgan fingerprint density at radius 1 is 0.838 bits per heavy atom. The third kappa shape index (κ3) is 8.14. The molecule has 4 rings (SSSR count). The molecule has 0 atom stereocenters. The van der Waals surface area contributed by atoms with Gasteiger partial charge in [-0.15, -0.1) is 0 Å². The van der Waals surface area contributed by atoms with Gasteiger partial charge in [-0.3, -0.25) is 4.79 Å². The highest BCUT2D eigenvalue weighted by Gasteiger charge is 2.25. The van der Waals surface area contributed by atoms with Crippen LogP contribution in [-0.2, 0) is 4.74 Å². The van der Waals surface area contributed by atoms with E-state index in [9.17, 15) is 9.59 Å². The smallest absolute Gasteiger partial charge is 0.338 e. The van der Waals surface area contributed by atoms with E-state index in [0.29, 0.717) is 17.7 Å². The molecule has 6 heteroatoms. The number of piperidine rings is 2. The number of nitrogens with one attached hydrogen (secondary N) is 1. The van der Waals surface area contributed by atoms with Crippen LogP contribution >= 0.6 is 0 Å². The Labute approximate surface area is 222 Å². The van der Waals surface area contributed by atoms with Crippen molar-refractivity contribution in [3.05, 3.63) is 59.7 Å². The summed E-state index contributed by atoms with van der Waals surface area (Å²) in [7, 11) is 0. The number of ether oxygens (including phenoxy) is 1. The fourth-order valence-corrected chi connectivity index (χ4v) is 5.35. The summed E-state index contributed by atoms with van der Waals surface area (Å²) in [5.41, 5.74) is 2.66. The van der Waals surface area contributed by atoms with Gasteiger partial charge in [0.1, 0.15) is 5.60 Å². The van der Waals surface area contributed by atoms with Crippen LogP contribution in [0.25, 0.3) is 11.1 Å². The molecule has 2 aromatic carbocycles. The molecular weight excluding hydrogens is 462 g/mol. The first-order valence-corrected chi connectivity index (χ1v) is 14.0. The van der Waals surface area contributed by atoms with E-state index in [1.807, 2.05) is 57.2 Å². The Morgan fingerprint density at radius 2 is 1.41 bits per heavy atom. The van der Waals surface area contributed by atoms with Crippen LogP contribution in [0.5, 0.6) is 0 Å². The second-order valence-electron chi connectivity index (χ2n) is 11.4. The largest absolute Gasteiger partial charge is 0.456 e. The Balaban J connectivity index is 1.17. The fourth-order valence-electron chi connectivity index (χ4n) is 5.35.